The van der Waals surface area contributed by atoms with Crippen molar-refractivity contribution in [1.29, 1.82) is 0 Å². The third kappa shape index (κ3) is 4.98. The lowest BCUT2D eigenvalue weighted by Crippen LogP contribution is -2.38. The molecule has 7 heteroatoms. The van der Waals surface area contributed by atoms with Gasteiger partial charge in [-0.2, -0.15) is 0 Å². The summed E-state index contributed by atoms with van der Waals surface area (Å²) in [5, 5.41) is 4.24. The van der Waals surface area contributed by atoms with Crippen LogP contribution in [0.5, 0.6) is 0 Å². The molecule has 200 valence electrons. The van der Waals surface area contributed by atoms with Gasteiger partial charge in [0.15, 0.2) is 5.78 Å². The molecule has 0 bridgehead atoms. The molecule has 0 saturated carbocycles. The molecular formula is C33H25BrCl2N2O2. The fourth-order valence-electron chi connectivity index (χ4n) is 5.65. The summed E-state index contributed by atoms with van der Waals surface area (Å²) in [6.45, 7) is 2.06. The Morgan fingerprint density at radius 2 is 1.65 bits per heavy atom. The predicted molar refractivity (Wildman–Crippen MR) is 165 cm³/mol. The van der Waals surface area contributed by atoms with Crippen LogP contribution in [0.1, 0.15) is 51.8 Å². The molecule has 4 aromatic rings. The number of carbonyl (C=O) groups is 2. The fraction of sp³-hybridized carbons (Fsp3) is 0.152. The lowest BCUT2D eigenvalue weighted by Gasteiger charge is -2.35. The van der Waals surface area contributed by atoms with Crippen LogP contribution in [0.25, 0.3) is 0 Å². The molecule has 1 amide bonds. The molecule has 1 N–H and O–H groups in total. The number of rotatable bonds is 3. The summed E-state index contributed by atoms with van der Waals surface area (Å²) in [5.41, 5.74) is 6.40. The first-order valence-corrected chi connectivity index (χ1v) is 14.6. The van der Waals surface area contributed by atoms with Gasteiger partial charge in [0.1, 0.15) is 0 Å². The largest absolute Gasteiger partial charge is 0.357 e. The number of halogens is 3. The average Bonchev–Trinajstić information content (AvgIpc) is 3.09. The number of nitrogens with zero attached hydrogens (tertiary/aromatic N) is 1. The monoisotopic (exact) mass is 630 g/mol. The lowest BCUT2D eigenvalue weighted by molar-refractivity contribution is -0.116. The SMILES string of the molecule is Cc1ccc([C@H]2CC(=O)C3=C(C2)Nc2ccccc2N(C(=O)c2ccc(Cl)c(Cl)c2)[C@H]3c2cccc(Br)c2)cc1. The second-order valence-electron chi connectivity index (χ2n) is 10.2. The molecule has 0 unspecified atom stereocenters. The number of hydrogen-bond acceptors (Lipinski definition) is 3. The van der Waals surface area contributed by atoms with Crippen molar-refractivity contribution in [3.63, 3.8) is 0 Å². The lowest BCUT2D eigenvalue weighted by atomic mass is 9.78. The van der Waals surface area contributed by atoms with Gasteiger partial charge < -0.3 is 5.32 Å². The van der Waals surface area contributed by atoms with Gasteiger partial charge in [-0.05, 0) is 72.9 Å². The maximum atomic E-state index is 14.4. The summed E-state index contributed by atoms with van der Waals surface area (Å²) in [7, 11) is 0. The standard InChI is InChI=1S/C33H25BrCl2N2O2/c1-19-9-11-20(12-10-19)23-17-28-31(30(39)18-23)32(21-5-4-6-24(34)15-21)38(29-8-3-2-7-27(29)37-28)33(40)22-13-14-25(35)26(36)16-22/h2-16,23,32,37H,17-18H2,1H3/t23-,32+/m1/s1. The number of ketones is 1. The zero-order chi connectivity index (χ0) is 28.0. The van der Waals surface area contributed by atoms with Gasteiger partial charge in [-0.15, -0.1) is 0 Å². The van der Waals surface area contributed by atoms with E-state index in [1.165, 1.54) is 5.56 Å². The van der Waals surface area contributed by atoms with E-state index in [2.05, 4.69) is 52.4 Å². The molecule has 0 saturated heterocycles. The summed E-state index contributed by atoms with van der Waals surface area (Å²) in [6, 6.07) is 28.1. The van der Waals surface area contributed by atoms with Crippen molar-refractivity contribution >= 4 is 62.2 Å². The Bertz CT molecular complexity index is 1680. The van der Waals surface area contributed by atoms with Crippen LogP contribution in [-0.2, 0) is 4.79 Å². The number of hydrogen-bond donors (Lipinski definition) is 1. The van der Waals surface area contributed by atoms with Crippen molar-refractivity contribution in [1.82, 2.24) is 0 Å². The van der Waals surface area contributed by atoms with E-state index in [1.807, 2.05) is 48.5 Å². The zero-order valence-electron chi connectivity index (χ0n) is 21.6. The molecule has 4 aromatic carbocycles. The third-order valence-corrected chi connectivity index (χ3v) is 8.82. The normalized spacial score (nSPS) is 18.5. The summed E-state index contributed by atoms with van der Waals surface area (Å²) in [4.78, 5) is 30.3. The highest BCUT2D eigenvalue weighted by molar-refractivity contribution is 9.10. The number of amides is 1. The van der Waals surface area contributed by atoms with Crippen LogP contribution in [0.3, 0.4) is 0 Å². The molecule has 1 aliphatic heterocycles. The molecule has 0 spiro atoms. The number of Topliss-reactive ketones (excluding diaryl/α,β-unsaturated/α-hetero) is 1. The summed E-state index contributed by atoms with van der Waals surface area (Å²) in [6.07, 6.45) is 1.01. The van der Waals surface area contributed by atoms with Crippen molar-refractivity contribution in [2.75, 3.05) is 10.2 Å². The van der Waals surface area contributed by atoms with Crippen molar-refractivity contribution in [2.45, 2.75) is 31.7 Å². The van der Waals surface area contributed by atoms with Crippen LogP contribution >= 0.6 is 39.1 Å². The molecule has 1 heterocycles. The van der Waals surface area contributed by atoms with Gasteiger partial charge in [0.2, 0.25) is 0 Å². The number of anilines is 2. The maximum Gasteiger partial charge on any atom is 0.259 e. The minimum atomic E-state index is -0.655. The second-order valence-corrected chi connectivity index (χ2v) is 12.0. The van der Waals surface area contributed by atoms with Crippen LogP contribution in [0.4, 0.5) is 11.4 Å². The Balaban J connectivity index is 1.56. The number of allylic oxidation sites excluding steroid dienone is 1. The zero-order valence-corrected chi connectivity index (χ0v) is 24.7. The second kappa shape index (κ2) is 10.9. The number of nitrogens with one attached hydrogen (secondary N) is 1. The number of para-hydroxylation sites is 2. The van der Waals surface area contributed by atoms with E-state index >= 15 is 0 Å². The molecule has 4 nitrogen and oxygen atoms in total. The molecular weight excluding hydrogens is 607 g/mol. The number of fused-ring (bicyclic) bond motifs is 1. The summed E-state index contributed by atoms with van der Waals surface area (Å²) in [5.74, 6) is -0.226. The van der Waals surface area contributed by atoms with Crippen molar-refractivity contribution in [2.24, 2.45) is 0 Å². The maximum absolute atomic E-state index is 14.4. The topological polar surface area (TPSA) is 49.4 Å². The minimum absolute atomic E-state index is 0.0176. The van der Waals surface area contributed by atoms with Gasteiger partial charge in [0.25, 0.3) is 5.91 Å². The molecule has 6 rings (SSSR count). The Kier molecular flexibility index (Phi) is 7.30. The average molecular weight is 632 g/mol. The van der Waals surface area contributed by atoms with Gasteiger partial charge in [0.05, 0.1) is 27.5 Å². The van der Waals surface area contributed by atoms with E-state index in [9.17, 15) is 9.59 Å². The van der Waals surface area contributed by atoms with E-state index in [4.69, 9.17) is 23.2 Å². The first-order valence-electron chi connectivity index (χ1n) is 13.0. The molecule has 2 aliphatic rings. The van der Waals surface area contributed by atoms with Crippen molar-refractivity contribution in [3.8, 4) is 0 Å². The van der Waals surface area contributed by atoms with Crippen LogP contribution in [0, 0.1) is 6.92 Å². The van der Waals surface area contributed by atoms with Crippen LogP contribution in [0.2, 0.25) is 10.0 Å². The van der Waals surface area contributed by atoms with Crippen LogP contribution < -0.4 is 10.2 Å². The Labute approximate surface area is 251 Å². The van der Waals surface area contributed by atoms with Gasteiger partial charge in [-0.25, -0.2) is 0 Å². The minimum Gasteiger partial charge on any atom is -0.357 e. The molecule has 2 atom stereocenters. The highest BCUT2D eigenvalue weighted by Crippen LogP contribution is 2.48. The van der Waals surface area contributed by atoms with Crippen LogP contribution in [-0.4, -0.2) is 11.7 Å². The Hall–Kier alpha value is -3.38. The molecule has 40 heavy (non-hydrogen) atoms. The van der Waals surface area contributed by atoms with Crippen molar-refractivity contribution in [3.05, 3.63) is 139 Å². The van der Waals surface area contributed by atoms with E-state index in [1.54, 1.807) is 23.1 Å². The molecule has 0 radical (unpaired) electrons. The fourth-order valence-corrected chi connectivity index (χ4v) is 6.36. The van der Waals surface area contributed by atoms with Crippen LogP contribution in [0.15, 0.2) is 107 Å². The molecule has 0 aromatic heterocycles. The highest BCUT2D eigenvalue weighted by Gasteiger charge is 2.42. The number of aryl methyl sites for hydroxylation is 1. The van der Waals surface area contributed by atoms with Gasteiger partial charge >= 0.3 is 0 Å². The number of benzene rings is 4. The van der Waals surface area contributed by atoms with Crippen molar-refractivity contribution < 1.29 is 9.59 Å². The smallest absolute Gasteiger partial charge is 0.259 e. The quantitative estimate of drug-likeness (QED) is 0.245. The first kappa shape index (κ1) is 26.8. The van der Waals surface area contributed by atoms with E-state index in [0.29, 0.717) is 39.7 Å². The van der Waals surface area contributed by atoms with Gasteiger partial charge in [0, 0.05) is 27.7 Å². The summed E-state index contributed by atoms with van der Waals surface area (Å²) >= 11 is 16.1. The third-order valence-electron chi connectivity index (χ3n) is 7.59. The molecule has 0 fully saturated rings. The van der Waals surface area contributed by atoms with E-state index in [-0.39, 0.29) is 17.6 Å². The highest BCUT2D eigenvalue weighted by atomic mass is 79.9. The van der Waals surface area contributed by atoms with Gasteiger partial charge in [-0.3, -0.25) is 14.5 Å². The molecule has 1 aliphatic carbocycles. The Morgan fingerprint density at radius 3 is 2.40 bits per heavy atom. The summed E-state index contributed by atoms with van der Waals surface area (Å²) < 4.78 is 0.861. The Morgan fingerprint density at radius 1 is 0.875 bits per heavy atom. The van der Waals surface area contributed by atoms with Gasteiger partial charge in [-0.1, -0.05) is 93.2 Å². The number of carbonyl (C=O) groups excluding carboxylic acids is 2. The first-order chi connectivity index (χ1) is 19.3. The predicted octanol–water partition coefficient (Wildman–Crippen LogP) is 9.28. The van der Waals surface area contributed by atoms with E-state index in [0.717, 1.165) is 27.0 Å². The van der Waals surface area contributed by atoms with E-state index < -0.39 is 6.04 Å².